The van der Waals surface area contributed by atoms with E-state index < -0.39 is 17.4 Å². The third-order valence-corrected chi connectivity index (χ3v) is 6.35. The third kappa shape index (κ3) is 4.14. The van der Waals surface area contributed by atoms with Crippen molar-refractivity contribution in [2.75, 3.05) is 0 Å². The summed E-state index contributed by atoms with van der Waals surface area (Å²) in [5, 5.41) is 13.1. The van der Waals surface area contributed by atoms with E-state index in [1.54, 1.807) is 12.4 Å². The third-order valence-electron chi connectivity index (χ3n) is 6.35. The topological polar surface area (TPSA) is 46.0 Å². The van der Waals surface area contributed by atoms with E-state index >= 15 is 0 Å². The molecule has 0 amide bonds. The Morgan fingerprint density at radius 2 is 0.853 bits per heavy atom. The molecule has 0 aliphatic carbocycles. The smallest absolute Gasteiger partial charge is 0.114 e. The lowest BCUT2D eigenvalue weighted by Crippen LogP contribution is -2.41. The van der Waals surface area contributed by atoms with E-state index in [9.17, 15) is 5.11 Å². The first-order valence-corrected chi connectivity index (χ1v) is 11.5. The zero-order valence-electron chi connectivity index (χ0n) is 18.8. The maximum absolute atomic E-state index is 13.1. The normalized spacial score (nSPS) is 13.2. The van der Waals surface area contributed by atoms with Gasteiger partial charge in [0.1, 0.15) is 5.60 Å². The van der Waals surface area contributed by atoms with Gasteiger partial charge in [-0.2, -0.15) is 0 Å². The molecular formula is C31H26N2O. The van der Waals surface area contributed by atoms with Crippen LogP contribution in [-0.4, -0.2) is 15.1 Å². The number of hydrogen-bond donors (Lipinski definition) is 1. The van der Waals surface area contributed by atoms with Crippen LogP contribution in [0.3, 0.4) is 0 Å². The summed E-state index contributed by atoms with van der Waals surface area (Å²) in [5.41, 5.74) is 3.02. The average molecular weight is 443 g/mol. The molecule has 3 aromatic carbocycles. The van der Waals surface area contributed by atoms with Crippen LogP contribution in [0.5, 0.6) is 0 Å². The van der Waals surface area contributed by atoms with E-state index in [1.807, 2.05) is 103 Å². The molecule has 0 aliphatic heterocycles. The number of hydrogen-bond acceptors (Lipinski definition) is 3. The minimum absolute atomic E-state index is 0.440. The Hall–Kier alpha value is -4.08. The first-order valence-electron chi connectivity index (χ1n) is 11.5. The van der Waals surface area contributed by atoms with Gasteiger partial charge in [-0.25, -0.2) is 0 Å². The molecule has 34 heavy (non-hydrogen) atoms. The van der Waals surface area contributed by atoms with Crippen molar-refractivity contribution in [1.29, 1.82) is 0 Å². The van der Waals surface area contributed by atoms with Crippen molar-refractivity contribution in [2.45, 2.75) is 17.4 Å². The second-order valence-electron chi connectivity index (χ2n) is 8.39. The second kappa shape index (κ2) is 9.82. The number of nitrogens with zero attached hydrogens (tertiary/aromatic N) is 2. The lowest BCUT2D eigenvalue weighted by molar-refractivity contribution is -0.0000609. The molecule has 5 aromatic rings. The van der Waals surface area contributed by atoms with E-state index in [0.717, 1.165) is 28.1 Å². The van der Waals surface area contributed by atoms with Crippen molar-refractivity contribution in [2.24, 2.45) is 0 Å². The molecule has 2 aromatic heterocycles. The first kappa shape index (κ1) is 21.7. The Balaban J connectivity index is 1.85. The van der Waals surface area contributed by atoms with E-state index in [-0.39, 0.29) is 0 Å². The highest BCUT2D eigenvalue weighted by Gasteiger charge is 2.49. The Kier molecular flexibility index (Phi) is 6.28. The van der Waals surface area contributed by atoms with Gasteiger partial charge in [0.15, 0.2) is 0 Å². The predicted molar refractivity (Wildman–Crippen MR) is 135 cm³/mol. The summed E-state index contributed by atoms with van der Waals surface area (Å²) in [6, 6.07) is 41.9. The number of rotatable bonds is 7. The summed E-state index contributed by atoms with van der Waals surface area (Å²) in [7, 11) is 0. The van der Waals surface area contributed by atoms with Crippen LogP contribution in [0.25, 0.3) is 0 Å². The van der Waals surface area contributed by atoms with Crippen LogP contribution in [-0.2, 0) is 5.60 Å². The van der Waals surface area contributed by atoms with Gasteiger partial charge < -0.3 is 5.11 Å². The fourth-order valence-electron chi connectivity index (χ4n) is 4.89. The molecule has 0 radical (unpaired) electrons. The SMILES string of the molecule is OC(c1ccccc1)([C@H](c1ccccc1)c1ccccn1)[C@H](c1ccccc1)c1ccccn1. The van der Waals surface area contributed by atoms with Crippen LogP contribution in [0, 0.1) is 0 Å². The van der Waals surface area contributed by atoms with Gasteiger partial charge in [-0.15, -0.1) is 0 Å². The molecule has 0 unspecified atom stereocenters. The van der Waals surface area contributed by atoms with Crippen LogP contribution in [0.1, 0.15) is 39.9 Å². The zero-order chi connectivity index (χ0) is 23.2. The molecule has 0 saturated carbocycles. The first-order chi connectivity index (χ1) is 16.8. The van der Waals surface area contributed by atoms with Gasteiger partial charge in [-0.05, 0) is 41.0 Å². The number of aliphatic hydroxyl groups is 1. The van der Waals surface area contributed by atoms with Crippen molar-refractivity contribution in [3.05, 3.63) is 168 Å². The molecular weight excluding hydrogens is 416 g/mol. The Morgan fingerprint density at radius 3 is 1.24 bits per heavy atom. The van der Waals surface area contributed by atoms with Crippen molar-refractivity contribution in [3.8, 4) is 0 Å². The molecule has 1 N–H and O–H groups in total. The number of pyridine rings is 2. The van der Waals surface area contributed by atoms with Crippen molar-refractivity contribution in [1.82, 2.24) is 9.97 Å². The van der Waals surface area contributed by atoms with Crippen LogP contribution >= 0.6 is 0 Å². The van der Waals surface area contributed by atoms with E-state index in [4.69, 9.17) is 9.97 Å². The highest BCUT2D eigenvalue weighted by molar-refractivity contribution is 5.45. The van der Waals surface area contributed by atoms with E-state index in [0.29, 0.717) is 0 Å². The van der Waals surface area contributed by atoms with Crippen LogP contribution < -0.4 is 0 Å². The minimum Gasteiger partial charge on any atom is -0.383 e. The molecule has 0 aliphatic rings. The standard InChI is InChI=1S/C31H26N2O/c34-31(26-18-8-3-9-19-26,29(24-14-4-1-5-15-24)27-20-10-12-22-32-27)30(25-16-6-2-7-17-25)28-21-11-13-23-33-28/h1-23,29-30,34H/t29-,30-/m1/s1. The maximum Gasteiger partial charge on any atom is 0.114 e. The monoisotopic (exact) mass is 442 g/mol. The lowest BCUT2D eigenvalue weighted by Gasteiger charge is -2.43. The van der Waals surface area contributed by atoms with Gasteiger partial charge in [-0.3, -0.25) is 9.97 Å². The van der Waals surface area contributed by atoms with Gasteiger partial charge in [0.25, 0.3) is 0 Å². The van der Waals surface area contributed by atoms with Crippen molar-refractivity contribution >= 4 is 0 Å². The largest absolute Gasteiger partial charge is 0.383 e. The summed E-state index contributed by atoms with van der Waals surface area (Å²) < 4.78 is 0. The molecule has 166 valence electrons. The molecule has 0 saturated heterocycles. The Bertz CT molecular complexity index is 1130. The highest BCUT2D eigenvalue weighted by atomic mass is 16.3. The highest BCUT2D eigenvalue weighted by Crippen LogP contribution is 2.51. The van der Waals surface area contributed by atoms with Gasteiger partial charge in [-0.1, -0.05) is 103 Å². The van der Waals surface area contributed by atoms with Crippen LogP contribution in [0.2, 0.25) is 0 Å². The summed E-state index contributed by atoms with van der Waals surface area (Å²) >= 11 is 0. The molecule has 0 fully saturated rings. The van der Waals surface area contributed by atoms with Gasteiger partial charge >= 0.3 is 0 Å². The molecule has 0 spiro atoms. The quantitative estimate of drug-likeness (QED) is 0.320. The fourth-order valence-corrected chi connectivity index (χ4v) is 4.89. The molecule has 3 nitrogen and oxygen atoms in total. The number of aromatic nitrogens is 2. The minimum atomic E-state index is -1.38. The fraction of sp³-hybridized carbons (Fsp3) is 0.0968. The molecule has 2 atom stereocenters. The van der Waals surface area contributed by atoms with E-state index in [2.05, 4.69) is 24.3 Å². The molecule has 3 heteroatoms. The summed E-state index contributed by atoms with van der Waals surface area (Å²) in [4.78, 5) is 9.47. The van der Waals surface area contributed by atoms with Crippen LogP contribution in [0.4, 0.5) is 0 Å². The van der Waals surface area contributed by atoms with Gasteiger partial charge in [0, 0.05) is 12.4 Å². The van der Waals surface area contributed by atoms with Gasteiger partial charge in [0.2, 0.25) is 0 Å². The van der Waals surface area contributed by atoms with Crippen molar-refractivity contribution < 1.29 is 5.11 Å². The molecule has 0 bridgehead atoms. The number of benzene rings is 3. The van der Waals surface area contributed by atoms with E-state index in [1.165, 1.54) is 0 Å². The lowest BCUT2D eigenvalue weighted by atomic mass is 9.65. The summed E-state index contributed by atoms with van der Waals surface area (Å²) in [6.07, 6.45) is 3.57. The summed E-state index contributed by atoms with van der Waals surface area (Å²) in [5.74, 6) is -0.881. The summed E-state index contributed by atoms with van der Waals surface area (Å²) in [6.45, 7) is 0. The average Bonchev–Trinajstić information content (AvgIpc) is 2.92. The molecule has 5 rings (SSSR count). The van der Waals surface area contributed by atoms with Crippen molar-refractivity contribution in [3.63, 3.8) is 0 Å². The Labute approximate surface area is 200 Å². The maximum atomic E-state index is 13.1. The molecule has 2 heterocycles. The zero-order valence-corrected chi connectivity index (χ0v) is 18.8. The van der Waals surface area contributed by atoms with Gasteiger partial charge in [0.05, 0.1) is 23.2 Å². The predicted octanol–water partition coefficient (Wildman–Crippen LogP) is 6.33. The second-order valence-corrected chi connectivity index (χ2v) is 8.39. The Morgan fingerprint density at radius 1 is 0.471 bits per heavy atom. The van der Waals surface area contributed by atoms with Crippen LogP contribution in [0.15, 0.2) is 140 Å².